The number of carbonyl (C=O) groups excluding carboxylic acids is 2. The second-order valence-corrected chi connectivity index (χ2v) is 8.43. The van der Waals surface area contributed by atoms with Crippen molar-refractivity contribution in [1.82, 2.24) is 9.80 Å². The van der Waals surface area contributed by atoms with Crippen LogP contribution in [0.15, 0.2) is 52.5 Å². The van der Waals surface area contributed by atoms with Crippen molar-refractivity contribution in [2.45, 2.75) is 26.8 Å². The smallest absolute Gasteiger partial charge is 0.295 e. The lowest BCUT2D eigenvalue weighted by Gasteiger charge is -2.28. The third-order valence-electron chi connectivity index (χ3n) is 5.73. The van der Waals surface area contributed by atoms with E-state index >= 15 is 0 Å². The Labute approximate surface area is 190 Å². The molecule has 0 radical (unpaired) electrons. The molecule has 0 aromatic heterocycles. The van der Waals surface area contributed by atoms with Crippen LogP contribution in [0.4, 0.5) is 0 Å². The van der Waals surface area contributed by atoms with Crippen LogP contribution in [0.5, 0.6) is 5.75 Å². The van der Waals surface area contributed by atoms with Crippen LogP contribution < -0.4 is 0 Å². The predicted octanol–water partition coefficient (Wildman–Crippen LogP) is 4.23. The Kier molecular flexibility index (Phi) is 7.18. The number of phenols is 1. The van der Waals surface area contributed by atoms with E-state index in [2.05, 4.69) is 20.8 Å². The van der Waals surface area contributed by atoms with Gasteiger partial charge in [0.15, 0.2) is 0 Å². The number of likely N-dealkylation sites (tertiary alicyclic amines) is 1. The van der Waals surface area contributed by atoms with Crippen LogP contribution in [0.25, 0.3) is 5.76 Å². The number of hydrogen-bond donors (Lipinski definition) is 2. The Balaban J connectivity index is 2.11. The summed E-state index contributed by atoms with van der Waals surface area (Å²) < 4.78 is 0.888. The molecule has 1 unspecified atom stereocenters. The standard InChI is InChI=1S/C24H27BrN2O4/c1-4-26(5-2)12-13-27-21(16-6-9-18(28)10-7-16)20(23(30)24(27)31)22(29)17-8-11-19(25)15(3)14-17/h6-11,14,21,28-29H,4-5,12-13H2,1-3H3/b22-20-. The first-order chi connectivity index (χ1) is 14.8. The quantitative estimate of drug-likeness (QED) is 0.347. The average Bonchev–Trinajstić information content (AvgIpc) is 3.01. The number of aliphatic hydroxyl groups is 1. The van der Waals surface area contributed by atoms with Crippen LogP contribution in [0, 0.1) is 6.92 Å². The molecule has 1 fully saturated rings. The number of aliphatic hydroxyl groups excluding tert-OH is 1. The topological polar surface area (TPSA) is 81.1 Å². The molecule has 1 heterocycles. The Bertz CT molecular complexity index is 1010. The van der Waals surface area contributed by atoms with Gasteiger partial charge in [0, 0.05) is 23.1 Å². The summed E-state index contributed by atoms with van der Waals surface area (Å²) in [7, 11) is 0. The second kappa shape index (κ2) is 9.66. The van der Waals surface area contributed by atoms with Gasteiger partial charge in [-0.05, 0) is 55.4 Å². The van der Waals surface area contributed by atoms with Crippen LogP contribution in [0.1, 0.15) is 36.6 Å². The molecule has 7 heteroatoms. The molecule has 0 bridgehead atoms. The van der Waals surface area contributed by atoms with Crippen LogP contribution in [-0.2, 0) is 9.59 Å². The Morgan fingerprint density at radius 3 is 2.32 bits per heavy atom. The number of aryl methyl sites for hydroxylation is 1. The summed E-state index contributed by atoms with van der Waals surface area (Å²) in [4.78, 5) is 29.7. The van der Waals surface area contributed by atoms with E-state index in [1.165, 1.54) is 17.0 Å². The van der Waals surface area contributed by atoms with E-state index in [0.29, 0.717) is 24.2 Å². The number of nitrogens with zero attached hydrogens (tertiary/aromatic N) is 2. The molecule has 6 nitrogen and oxygen atoms in total. The van der Waals surface area contributed by atoms with Crippen LogP contribution in [-0.4, -0.2) is 57.9 Å². The Morgan fingerprint density at radius 1 is 1.10 bits per heavy atom. The number of amides is 1. The first-order valence-electron chi connectivity index (χ1n) is 10.3. The molecular formula is C24H27BrN2O4. The molecule has 0 aliphatic carbocycles. The highest BCUT2D eigenvalue weighted by Gasteiger charge is 2.45. The normalized spacial score (nSPS) is 18.2. The van der Waals surface area contributed by atoms with Crippen molar-refractivity contribution in [2.24, 2.45) is 0 Å². The maximum absolute atomic E-state index is 13.0. The number of carbonyl (C=O) groups is 2. The number of Topliss-reactive ketones (excluding diaryl/α,β-unsaturated/α-hetero) is 1. The van der Waals surface area contributed by atoms with Gasteiger partial charge in [-0.1, -0.05) is 48.0 Å². The van der Waals surface area contributed by atoms with Gasteiger partial charge in [0.2, 0.25) is 0 Å². The third kappa shape index (κ3) is 4.67. The van der Waals surface area contributed by atoms with Crippen molar-refractivity contribution in [3.8, 4) is 5.75 Å². The average molecular weight is 487 g/mol. The van der Waals surface area contributed by atoms with Crippen molar-refractivity contribution in [3.05, 3.63) is 69.2 Å². The first kappa shape index (κ1) is 23.0. The van der Waals surface area contributed by atoms with Gasteiger partial charge in [0.25, 0.3) is 11.7 Å². The number of benzene rings is 2. The summed E-state index contributed by atoms with van der Waals surface area (Å²) in [5.41, 5.74) is 2.11. The van der Waals surface area contributed by atoms with Crippen molar-refractivity contribution < 1.29 is 19.8 Å². The van der Waals surface area contributed by atoms with Crippen molar-refractivity contribution >= 4 is 33.4 Å². The molecule has 0 spiro atoms. The van der Waals surface area contributed by atoms with Gasteiger partial charge in [0.05, 0.1) is 11.6 Å². The Hall–Kier alpha value is -2.64. The van der Waals surface area contributed by atoms with E-state index in [-0.39, 0.29) is 17.1 Å². The summed E-state index contributed by atoms with van der Waals surface area (Å²) in [5, 5.41) is 20.8. The molecule has 164 valence electrons. The van der Waals surface area contributed by atoms with Crippen molar-refractivity contribution in [3.63, 3.8) is 0 Å². The highest BCUT2D eigenvalue weighted by molar-refractivity contribution is 9.10. The van der Waals surface area contributed by atoms with Gasteiger partial charge in [0.1, 0.15) is 11.5 Å². The van der Waals surface area contributed by atoms with Gasteiger partial charge in [-0.25, -0.2) is 0 Å². The largest absolute Gasteiger partial charge is 0.508 e. The molecule has 1 aliphatic heterocycles. The minimum atomic E-state index is -0.722. The van der Waals surface area contributed by atoms with Crippen molar-refractivity contribution in [2.75, 3.05) is 26.2 Å². The highest BCUT2D eigenvalue weighted by atomic mass is 79.9. The minimum absolute atomic E-state index is 0.0666. The molecule has 1 atom stereocenters. The summed E-state index contributed by atoms with van der Waals surface area (Å²) in [5.74, 6) is -1.43. The van der Waals surface area contributed by atoms with Gasteiger partial charge in [-0.2, -0.15) is 0 Å². The maximum Gasteiger partial charge on any atom is 0.295 e. The number of rotatable bonds is 7. The number of halogens is 1. The molecule has 2 aromatic rings. The number of ketones is 1. The molecule has 1 amide bonds. The van der Waals surface area contributed by atoms with Crippen LogP contribution in [0.3, 0.4) is 0 Å². The van der Waals surface area contributed by atoms with Gasteiger partial charge >= 0.3 is 0 Å². The van der Waals surface area contributed by atoms with E-state index in [4.69, 9.17) is 0 Å². The summed E-state index contributed by atoms with van der Waals surface area (Å²) in [6.07, 6.45) is 0. The van der Waals surface area contributed by atoms with Gasteiger partial charge in [-0.15, -0.1) is 0 Å². The summed E-state index contributed by atoms with van der Waals surface area (Å²) >= 11 is 3.44. The third-order valence-corrected chi connectivity index (χ3v) is 6.62. The van der Waals surface area contributed by atoms with E-state index < -0.39 is 17.7 Å². The van der Waals surface area contributed by atoms with E-state index in [1.807, 2.05) is 20.8 Å². The number of likely N-dealkylation sites (N-methyl/N-ethyl adjacent to an activating group) is 1. The fourth-order valence-corrected chi connectivity index (χ4v) is 4.10. The summed E-state index contributed by atoms with van der Waals surface area (Å²) in [6, 6.07) is 11.0. The number of hydrogen-bond acceptors (Lipinski definition) is 5. The van der Waals surface area contributed by atoms with E-state index in [0.717, 1.165) is 23.1 Å². The van der Waals surface area contributed by atoms with Crippen LogP contribution in [0.2, 0.25) is 0 Å². The second-order valence-electron chi connectivity index (χ2n) is 7.57. The lowest BCUT2D eigenvalue weighted by atomic mass is 9.95. The first-order valence-corrected chi connectivity index (χ1v) is 11.1. The fourth-order valence-electron chi connectivity index (χ4n) is 3.85. The number of aromatic hydroxyl groups is 1. The van der Waals surface area contributed by atoms with Gasteiger partial charge < -0.3 is 20.0 Å². The molecule has 0 saturated carbocycles. The van der Waals surface area contributed by atoms with Crippen molar-refractivity contribution in [1.29, 1.82) is 0 Å². The zero-order valence-corrected chi connectivity index (χ0v) is 19.5. The Morgan fingerprint density at radius 2 is 1.74 bits per heavy atom. The molecule has 31 heavy (non-hydrogen) atoms. The molecule has 1 aliphatic rings. The SMILES string of the molecule is CCN(CC)CCN1C(=O)C(=O)/C(=C(\O)c2ccc(Br)c(C)c2)C1c1ccc(O)cc1. The summed E-state index contributed by atoms with van der Waals surface area (Å²) in [6.45, 7) is 8.63. The monoisotopic (exact) mass is 486 g/mol. The minimum Gasteiger partial charge on any atom is -0.508 e. The lowest BCUT2D eigenvalue weighted by Crippen LogP contribution is -2.38. The van der Waals surface area contributed by atoms with E-state index in [9.17, 15) is 19.8 Å². The zero-order chi connectivity index (χ0) is 22.7. The van der Waals surface area contributed by atoms with Gasteiger partial charge in [-0.3, -0.25) is 9.59 Å². The maximum atomic E-state index is 13.0. The lowest BCUT2D eigenvalue weighted by molar-refractivity contribution is -0.140. The van der Waals surface area contributed by atoms with Crippen LogP contribution >= 0.6 is 15.9 Å². The van der Waals surface area contributed by atoms with E-state index in [1.54, 1.807) is 30.3 Å². The predicted molar refractivity (Wildman–Crippen MR) is 124 cm³/mol. The fraction of sp³-hybridized carbons (Fsp3) is 0.333. The number of phenolic OH excluding ortho intramolecular Hbond substituents is 1. The zero-order valence-electron chi connectivity index (χ0n) is 17.9. The molecule has 2 N–H and O–H groups in total. The highest BCUT2D eigenvalue weighted by Crippen LogP contribution is 2.40. The molecular weight excluding hydrogens is 460 g/mol. The molecule has 2 aromatic carbocycles. The molecule has 1 saturated heterocycles. The molecule has 3 rings (SSSR count).